The molecule has 3 heterocycles. The first-order valence-corrected chi connectivity index (χ1v) is 9.47. The van der Waals surface area contributed by atoms with Crippen molar-refractivity contribution >= 4 is 0 Å². The third-order valence-corrected chi connectivity index (χ3v) is 5.83. The Balaban J connectivity index is 1.33. The number of nitrogens with zero attached hydrogens (tertiary/aromatic N) is 3. The molecule has 6 nitrogen and oxygen atoms in total. The van der Waals surface area contributed by atoms with Crippen molar-refractivity contribution in [1.82, 2.24) is 15.0 Å². The normalized spacial score (nSPS) is 30.9. The Kier molecular flexibility index (Phi) is 5.17. The summed E-state index contributed by atoms with van der Waals surface area (Å²) >= 11 is 0. The van der Waals surface area contributed by atoms with Crippen LogP contribution in [0.3, 0.4) is 0 Å². The Labute approximate surface area is 143 Å². The lowest BCUT2D eigenvalue weighted by atomic mass is 9.87. The number of likely N-dealkylation sites (tertiary alicyclic amines) is 1. The Bertz CT molecular complexity index is 523. The predicted molar refractivity (Wildman–Crippen MR) is 89.8 cm³/mol. The highest BCUT2D eigenvalue weighted by Gasteiger charge is 2.36. The number of hydrogen-bond donors (Lipinski definition) is 1. The monoisotopic (exact) mass is 335 g/mol. The van der Waals surface area contributed by atoms with E-state index in [1.807, 2.05) is 0 Å². The first-order valence-electron chi connectivity index (χ1n) is 9.47. The second-order valence-corrected chi connectivity index (χ2v) is 7.53. The lowest BCUT2D eigenvalue weighted by Crippen LogP contribution is -2.48. The molecule has 2 unspecified atom stereocenters. The van der Waals surface area contributed by atoms with E-state index in [2.05, 4.69) is 21.0 Å². The van der Waals surface area contributed by atoms with Gasteiger partial charge in [0, 0.05) is 44.2 Å². The van der Waals surface area contributed by atoms with E-state index in [1.54, 1.807) is 0 Å². The van der Waals surface area contributed by atoms with Crippen LogP contribution in [-0.4, -0.2) is 71.6 Å². The van der Waals surface area contributed by atoms with Gasteiger partial charge in [-0.15, -0.1) is 0 Å². The van der Waals surface area contributed by atoms with Crippen molar-refractivity contribution in [1.29, 1.82) is 0 Å². The highest BCUT2D eigenvalue weighted by atomic mass is 16.5. The summed E-state index contributed by atoms with van der Waals surface area (Å²) < 4.78 is 11.0. The smallest absolute Gasteiger partial charge is 0.150 e. The summed E-state index contributed by atoms with van der Waals surface area (Å²) in [5, 5.41) is 14.7. The molecule has 3 fully saturated rings. The van der Waals surface area contributed by atoms with E-state index in [9.17, 15) is 5.11 Å². The average molecular weight is 335 g/mol. The Hall–Kier alpha value is -0.950. The fourth-order valence-electron chi connectivity index (χ4n) is 4.46. The number of rotatable bonds is 4. The number of hydrogen-bond acceptors (Lipinski definition) is 6. The van der Waals surface area contributed by atoms with E-state index < -0.39 is 0 Å². The first-order chi connectivity index (χ1) is 11.8. The van der Waals surface area contributed by atoms with Crippen molar-refractivity contribution in [3.05, 3.63) is 17.5 Å². The van der Waals surface area contributed by atoms with Gasteiger partial charge in [0.25, 0.3) is 0 Å². The van der Waals surface area contributed by atoms with Crippen LogP contribution in [0.2, 0.25) is 0 Å². The highest BCUT2D eigenvalue weighted by Crippen LogP contribution is 2.32. The van der Waals surface area contributed by atoms with Crippen molar-refractivity contribution < 1.29 is 14.4 Å². The maximum atomic E-state index is 10.4. The fraction of sp³-hybridized carbons (Fsp3) is 0.833. The molecular weight excluding hydrogens is 306 g/mol. The molecule has 1 saturated carbocycles. The lowest BCUT2D eigenvalue weighted by Gasteiger charge is -2.33. The van der Waals surface area contributed by atoms with Crippen molar-refractivity contribution in [3.8, 4) is 0 Å². The van der Waals surface area contributed by atoms with Gasteiger partial charge in [-0.25, -0.2) is 0 Å². The molecule has 0 radical (unpaired) electrons. The zero-order valence-corrected chi connectivity index (χ0v) is 14.4. The zero-order valence-electron chi connectivity index (χ0n) is 14.4. The van der Waals surface area contributed by atoms with Crippen LogP contribution in [0.25, 0.3) is 0 Å². The summed E-state index contributed by atoms with van der Waals surface area (Å²) in [6.45, 7) is 5.74. The van der Waals surface area contributed by atoms with Gasteiger partial charge in [0.1, 0.15) is 0 Å². The van der Waals surface area contributed by atoms with Gasteiger partial charge in [-0.2, -0.15) is 0 Å². The number of aromatic nitrogens is 1. The molecule has 6 heteroatoms. The molecule has 2 saturated heterocycles. The number of morpholine rings is 1. The van der Waals surface area contributed by atoms with Crippen LogP contribution in [0.4, 0.5) is 0 Å². The average Bonchev–Trinajstić information content (AvgIpc) is 3.23. The quantitative estimate of drug-likeness (QED) is 0.902. The molecule has 134 valence electrons. The van der Waals surface area contributed by atoms with Crippen LogP contribution in [-0.2, 0) is 11.3 Å². The van der Waals surface area contributed by atoms with E-state index in [0.29, 0.717) is 12.5 Å². The van der Waals surface area contributed by atoms with Crippen LogP contribution in [0.15, 0.2) is 10.6 Å². The maximum Gasteiger partial charge on any atom is 0.150 e. The number of aliphatic hydroxyl groups is 1. The summed E-state index contributed by atoms with van der Waals surface area (Å²) in [4.78, 5) is 4.65. The molecule has 24 heavy (non-hydrogen) atoms. The van der Waals surface area contributed by atoms with E-state index in [4.69, 9.17) is 9.26 Å². The van der Waals surface area contributed by atoms with E-state index in [1.165, 1.54) is 32.1 Å². The third-order valence-electron chi connectivity index (χ3n) is 5.83. The molecule has 0 amide bonds. The van der Waals surface area contributed by atoms with Crippen molar-refractivity contribution in [3.63, 3.8) is 0 Å². The lowest BCUT2D eigenvalue weighted by molar-refractivity contribution is -0.00619. The zero-order chi connectivity index (χ0) is 16.4. The van der Waals surface area contributed by atoms with E-state index in [-0.39, 0.29) is 12.1 Å². The van der Waals surface area contributed by atoms with Crippen LogP contribution in [0.5, 0.6) is 0 Å². The standard InChI is InChI=1S/C18H29N3O3/c22-18-13-20(12-17(18)21-6-8-23-9-7-21)11-15-10-16(19-24-15)14-4-2-1-3-5-14/h10,14,17-18,22H,1-9,11-13H2. The molecule has 1 aliphatic carbocycles. The van der Waals surface area contributed by atoms with E-state index in [0.717, 1.165) is 50.8 Å². The predicted octanol–water partition coefficient (Wildman–Crippen LogP) is 1.60. The van der Waals surface area contributed by atoms with Gasteiger partial charge in [-0.1, -0.05) is 24.4 Å². The molecule has 2 aliphatic heterocycles. The topological polar surface area (TPSA) is 62.0 Å². The van der Waals surface area contributed by atoms with Gasteiger partial charge in [-0.05, 0) is 12.8 Å². The van der Waals surface area contributed by atoms with Crippen LogP contribution in [0, 0.1) is 0 Å². The third kappa shape index (κ3) is 3.67. The Morgan fingerprint density at radius 1 is 1.12 bits per heavy atom. The van der Waals surface area contributed by atoms with Gasteiger partial charge < -0.3 is 14.4 Å². The van der Waals surface area contributed by atoms with Gasteiger partial charge in [0.15, 0.2) is 5.76 Å². The minimum atomic E-state index is -0.288. The minimum absolute atomic E-state index is 0.217. The maximum absolute atomic E-state index is 10.4. The fourth-order valence-corrected chi connectivity index (χ4v) is 4.46. The molecule has 2 atom stereocenters. The van der Waals surface area contributed by atoms with Crippen molar-refractivity contribution in [2.45, 2.75) is 56.7 Å². The molecule has 1 aromatic rings. The summed E-state index contributed by atoms with van der Waals surface area (Å²) in [6, 6.07) is 2.36. The molecular formula is C18H29N3O3. The van der Waals surface area contributed by atoms with Gasteiger partial charge in [0.2, 0.25) is 0 Å². The number of ether oxygens (including phenoxy) is 1. The molecule has 1 N–H and O–H groups in total. The Morgan fingerprint density at radius 2 is 1.92 bits per heavy atom. The second-order valence-electron chi connectivity index (χ2n) is 7.53. The molecule has 0 spiro atoms. The summed E-state index contributed by atoms with van der Waals surface area (Å²) in [7, 11) is 0. The second kappa shape index (κ2) is 7.52. The highest BCUT2D eigenvalue weighted by molar-refractivity contribution is 5.11. The summed E-state index contributed by atoms with van der Waals surface area (Å²) in [5.41, 5.74) is 1.13. The SMILES string of the molecule is OC1CN(Cc2cc(C3CCCCC3)no2)CC1N1CCOCC1. The number of β-amino-alcohol motifs (C(OH)–C–C–N with tert-alkyl or cyclic N) is 1. The summed E-state index contributed by atoms with van der Waals surface area (Å²) in [5.74, 6) is 1.52. The van der Waals surface area contributed by atoms with Crippen LogP contribution >= 0.6 is 0 Å². The van der Waals surface area contributed by atoms with Gasteiger partial charge in [-0.3, -0.25) is 9.80 Å². The van der Waals surface area contributed by atoms with Crippen molar-refractivity contribution in [2.24, 2.45) is 0 Å². The molecule has 0 bridgehead atoms. The van der Waals surface area contributed by atoms with Crippen molar-refractivity contribution in [2.75, 3.05) is 39.4 Å². The number of aliphatic hydroxyl groups excluding tert-OH is 1. The van der Waals surface area contributed by atoms with Gasteiger partial charge in [0.05, 0.1) is 31.6 Å². The first kappa shape index (κ1) is 16.5. The minimum Gasteiger partial charge on any atom is -0.390 e. The van der Waals surface area contributed by atoms with Gasteiger partial charge >= 0.3 is 0 Å². The molecule has 0 aromatic carbocycles. The molecule has 1 aromatic heterocycles. The largest absolute Gasteiger partial charge is 0.390 e. The van der Waals surface area contributed by atoms with Crippen LogP contribution < -0.4 is 0 Å². The van der Waals surface area contributed by atoms with E-state index >= 15 is 0 Å². The Morgan fingerprint density at radius 3 is 2.71 bits per heavy atom. The molecule has 3 aliphatic rings. The van der Waals surface area contributed by atoms with Crippen LogP contribution in [0.1, 0.15) is 49.5 Å². The molecule has 4 rings (SSSR count). The summed E-state index contributed by atoms with van der Waals surface area (Å²) in [6.07, 6.45) is 6.18.